The number of nitrogens with one attached hydrogen (secondary N) is 1. The average molecular weight is 457 g/mol. The summed E-state index contributed by atoms with van der Waals surface area (Å²) in [4.78, 5) is 4.94. The summed E-state index contributed by atoms with van der Waals surface area (Å²) in [5.41, 5.74) is 12.6. The van der Waals surface area contributed by atoms with Crippen LogP contribution in [0.4, 0.5) is 10.3 Å². The van der Waals surface area contributed by atoms with E-state index in [9.17, 15) is 4.39 Å². The van der Waals surface area contributed by atoms with Gasteiger partial charge in [0.05, 0.1) is 22.6 Å². The minimum atomic E-state index is -0.435. The molecule has 1 heterocycles. The molecule has 31 heavy (non-hydrogen) atoms. The molecular weight excluding hydrogens is 434 g/mol. The van der Waals surface area contributed by atoms with Gasteiger partial charge in [-0.25, -0.2) is 9.37 Å². The third-order valence-corrected chi connectivity index (χ3v) is 6.08. The first-order valence-electron chi connectivity index (χ1n) is 10.0. The first kappa shape index (κ1) is 21.6. The Kier molecular flexibility index (Phi) is 6.19. The van der Waals surface area contributed by atoms with E-state index in [2.05, 4.69) is 29.8 Å². The monoisotopic (exact) mass is 456 g/mol. The lowest BCUT2D eigenvalue weighted by Crippen LogP contribution is -2.16. The van der Waals surface area contributed by atoms with Gasteiger partial charge in [0.25, 0.3) is 0 Å². The minimum Gasteiger partial charge on any atom is -0.354 e. The summed E-state index contributed by atoms with van der Waals surface area (Å²) in [7, 11) is 0. The molecule has 0 bridgehead atoms. The Balaban J connectivity index is 1.96. The highest BCUT2D eigenvalue weighted by Gasteiger charge is 2.20. The van der Waals surface area contributed by atoms with Crippen LogP contribution >= 0.6 is 23.2 Å². The molecule has 4 rings (SSSR count). The van der Waals surface area contributed by atoms with Gasteiger partial charge in [-0.1, -0.05) is 47.5 Å². The number of nitrogens with zero attached hydrogens (tertiary/aromatic N) is 2. The number of fused-ring (bicyclic) bond motifs is 1. The van der Waals surface area contributed by atoms with Crippen LogP contribution in [0.5, 0.6) is 0 Å². The van der Waals surface area contributed by atoms with Gasteiger partial charge in [-0.15, -0.1) is 0 Å². The van der Waals surface area contributed by atoms with Crippen LogP contribution in [0.2, 0.25) is 10.0 Å². The SMILES string of the molecule is Cc1cc2c(nc(NCCN)n2Cc2ccc(F)c(Cl)c2)c(-c2ccccc2Cl)c1C. The summed E-state index contributed by atoms with van der Waals surface area (Å²) < 4.78 is 15.7. The molecule has 0 amide bonds. The van der Waals surface area contributed by atoms with E-state index in [0.717, 1.165) is 38.9 Å². The maximum absolute atomic E-state index is 13.7. The molecular formula is C24H23Cl2FN4. The summed E-state index contributed by atoms with van der Waals surface area (Å²) >= 11 is 12.6. The summed E-state index contributed by atoms with van der Waals surface area (Å²) in [5, 5.41) is 4.09. The zero-order valence-corrected chi connectivity index (χ0v) is 18.9. The largest absolute Gasteiger partial charge is 0.354 e. The Bertz CT molecular complexity index is 1270. The molecule has 0 saturated carbocycles. The third-order valence-electron chi connectivity index (χ3n) is 5.46. The van der Waals surface area contributed by atoms with Gasteiger partial charge < -0.3 is 15.6 Å². The fraction of sp³-hybridized carbons (Fsp3) is 0.208. The van der Waals surface area contributed by atoms with Crippen molar-refractivity contribution in [3.63, 3.8) is 0 Å². The van der Waals surface area contributed by atoms with Crippen LogP contribution in [-0.4, -0.2) is 22.6 Å². The number of halogens is 3. The number of hydrogen-bond donors (Lipinski definition) is 2. The number of benzene rings is 3. The van der Waals surface area contributed by atoms with E-state index in [1.807, 2.05) is 24.3 Å². The van der Waals surface area contributed by atoms with Crippen LogP contribution in [0.1, 0.15) is 16.7 Å². The summed E-state index contributed by atoms with van der Waals surface area (Å²) in [6, 6.07) is 14.7. The minimum absolute atomic E-state index is 0.0992. The number of aryl methyl sites for hydroxylation is 1. The van der Waals surface area contributed by atoms with Crippen molar-refractivity contribution in [1.29, 1.82) is 0 Å². The van der Waals surface area contributed by atoms with Gasteiger partial charge in [0.15, 0.2) is 0 Å². The second-order valence-electron chi connectivity index (χ2n) is 7.53. The van der Waals surface area contributed by atoms with Gasteiger partial charge in [0, 0.05) is 29.2 Å². The average Bonchev–Trinajstić information content (AvgIpc) is 3.07. The van der Waals surface area contributed by atoms with Crippen LogP contribution in [0, 0.1) is 19.7 Å². The van der Waals surface area contributed by atoms with E-state index in [1.165, 1.54) is 6.07 Å². The topological polar surface area (TPSA) is 55.9 Å². The lowest BCUT2D eigenvalue weighted by Gasteiger charge is -2.14. The maximum Gasteiger partial charge on any atom is 0.204 e. The van der Waals surface area contributed by atoms with Crippen molar-refractivity contribution in [1.82, 2.24) is 9.55 Å². The molecule has 3 N–H and O–H groups in total. The highest BCUT2D eigenvalue weighted by molar-refractivity contribution is 6.33. The van der Waals surface area contributed by atoms with Crippen molar-refractivity contribution in [3.8, 4) is 11.1 Å². The predicted octanol–water partition coefficient (Wildman–Crippen LogP) is 6.18. The molecule has 160 valence electrons. The molecule has 0 saturated heterocycles. The van der Waals surface area contributed by atoms with Crippen molar-refractivity contribution in [3.05, 3.63) is 81.1 Å². The molecule has 3 aromatic carbocycles. The highest BCUT2D eigenvalue weighted by atomic mass is 35.5. The van der Waals surface area contributed by atoms with Gasteiger partial charge in [0.1, 0.15) is 5.82 Å². The van der Waals surface area contributed by atoms with E-state index in [-0.39, 0.29) is 5.02 Å². The van der Waals surface area contributed by atoms with Crippen LogP contribution < -0.4 is 11.1 Å². The van der Waals surface area contributed by atoms with Crippen LogP contribution in [0.25, 0.3) is 22.2 Å². The summed E-state index contributed by atoms with van der Waals surface area (Å²) in [6.45, 7) is 5.69. The van der Waals surface area contributed by atoms with Crippen molar-refractivity contribution in [2.75, 3.05) is 18.4 Å². The zero-order valence-electron chi connectivity index (χ0n) is 17.3. The summed E-state index contributed by atoms with van der Waals surface area (Å²) in [6.07, 6.45) is 0. The van der Waals surface area contributed by atoms with Gasteiger partial charge in [0.2, 0.25) is 5.95 Å². The Labute approximate surface area is 190 Å². The number of imidazole rings is 1. The van der Waals surface area contributed by atoms with Crippen LogP contribution in [0.3, 0.4) is 0 Å². The fourth-order valence-electron chi connectivity index (χ4n) is 3.78. The molecule has 4 aromatic rings. The molecule has 1 aromatic heterocycles. The number of anilines is 1. The summed E-state index contributed by atoms with van der Waals surface area (Å²) in [5.74, 6) is 0.258. The zero-order chi connectivity index (χ0) is 22.1. The van der Waals surface area contributed by atoms with E-state index in [1.54, 1.807) is 12.1 Å². The van der Waals surface area contributed by atoms with Crippen LogP contribution in [-0.2, 0) is 6.54 Å². The van der Waals surface area contributed by atoms with Crippen molar-refractivity contribution in [2.45, 2.75) is 20.4 Å². The molecule has 0 aliphatic carbocycles. The van der Waals surface area contributed by atoms with E-state index >= 15 is 0 Å². The van der Waals surface area contributed by atoms with Crippen molar-refractivity contribution < 1.29 is 4.39 Å². The number of hydrogen-bond acceptors (Lipinski definition) is 3. The van der Waals surface area contributed by atoms with E-state index < -0.39 is 5.82 Å². The Morgan fingerprint density at radius 3 is 2.55 bits per heavy atom. The first-order valence-corrected chi connectivity index (χ1v) is 10.8. The predicted molar refractivity (Wildman–Crippen MR) is 128 cm³/mol. The molecule has 0 fully saturated rings. The second kappa shape index (κ2) is 8.87. The van der Waals surface area contributed by atoms with Crippen molar-refractivity contribution in [2.24, 2.45) is 5.73 Å². The molecule has 0 unspecified atom stereocenters. The number of aromatic nitrogens is 2. The molecule has 4 nitrogen and oxygen atoms in total. The van der Waals surface area contributed by atoms with Gasteiger partial charge in [-0.2, -0.15) is 0 Å². The Hall–Kier alpha value is -2.60. The second-order valence-corrected chi connectivity index (χ2v) is 8.34. The fourth-order valence-corrected chi connectivity index (χ4v) is 4.21. The Morgan fingerprint density at radius 1 is 1.06 bits per heavy atom. The third kappa shape index (κ3) is 4.13. The molecule has 0 atom stereocenters. The van der Waals surface area contributed by atoms with E-state index in [0.29, 0.717) is 30.6 Å². The number of nitrogens with two attached hydrogens (primary N) is 1. The van der Waals surface area contributed by atoms with E-state index in [4.69, 9.17) is 33.9 Å². The lowest BCUT2D eigenvalue weighted by molar-refractivity contribution is 0.627. The standard InChI is InChI=1S/C24H23Cl2FN4/c1-14-11-21-23(22(15(14)2)17-5-3-4-6-18(17)25)30-24(29-10-9-28)31(21)13-16-7-8-20(27)19(26)12-16/h3-8,11-12H,9-10,13,28H2,1-2H3,(H,29,30). The lowest BCUT2D eigenvalue weighted by atomic mass is 9.95. The van der Waals surface area contributed by atoms with Crippen LogP contribution in [0.15, 0.2) is 48.5 Å². The Morgan fingerprint density at radius 2 is 1.84 bits per heavy atom. The first-order chi connectivity index (χ1) is 14.9. The maximum atomic E-state index is 13.7. The van der Waals surface area contributed by atoms with Gasteiger partial charge >= 0.3 is 0 Å². The number of rotatable bonds is 6. The molecule has 0 aliphatic heterocycles. The molecule has 0 aliphatic rings. The molecule has 0 radical (unpaired) electrons. The van der Waals surface area contributed by atoms with Crippen molar-refractivity contribution >= 4 is 40.2 Å². The van der Waals surface area contributed by atoms with Gasteiger partial charge in [-0.3, -0.25) is 0 Å². The normalized spacial score (nSPS) is 11.3. The molecule has 0 spiro atoms. The van der Waals surface area contributed by atoms with Gasteiger partial charge in [-0.05, 0) is 54.8 Å². The molecule has 7 heteroatoms. The highest BCUT2D eigenvalue weighted by Crippen LogP contribution is 2.38. The smallest absolute Gasteiger partial charge is 0.204 e. The quantitative estimate of drug-likeness (QED) is 0.363.